The van der Waals surface area contributed by atoms with E-state index in [1.807, 2.05) is 19.9 Å². The molecule has 52 heavy (non-hydrogen) atoms. The molecule has 1 spiro atoms. The molecule has 0 amide bonds. The molecule has 1 unspecified atom stereocenters. The van der Waals surface area contributed by atoms with Crippen molar-refractivity contribution in [3.8, 4) is 11.8 Å². The first-order valence-electron chi connectivity index (χ1n) is 17.5. The van der Waals surface area contributed by atoms with Gasteiger partial charge in [0.15, 0.2) is 5.65 Å². The lowest BCUT2D eigenvalue weighted by Crippen LogP contribution is -2.37. The van der Waals surface area contributed by atoms with Crippen LogP contribution in [-0.4, -0.2) is 92.3 Å². The van der Waals surface area contributed by atoms with Gasteiger partial charge >= 0.3 is 5.97 Å². The molecule has 6 heterocycles. The second kappa shape index (κ2) is 13.5. The van der Waals surface area contributed by atoms with E-state index in [-0.39, 0.29) is 29.5 Å². The molecular formula is C36H45F2N7O6S. The fourth-order valence-electron chi connectivity index (χ4n) is 7.28. The zero-order valence-corrected chi connectivity index (χ0v) is 30.8. The maximum atomic E-state index is 13.6. The number of likely N-dealkylation sites (tertiary alicyclic amines) is 1. The fourth-order valence-corrected chi connectivity index (χ4v) is 8.93. The van der Waals surface area contributed by atoms with Crippen molar-refractivity contribution in [3.05, 3.63) is 69.9 Å². The lowest BCUT2D eigenvalue weighted by Gasteiger charge is -2.41. The van der Waals surface area contributed by atoms with Crippen LogP contribution < -0.4 is 9.47 Å². The number of carboxylic acids is 1. The number of nitrogens with zero attached hydrogens (tertiary/aromatic N) is 7. The summed E-state index contributed by atoms with van der Waals surface area (Å²) in [5.74, 6) is -1.86. The Balaban J connectivity index is 1.23. The van der Waals surface area contributed by atoms with Crippen molar-refractivity contribution in [2.75, 3.05) is 32.8 Å². The predicted molar refractivity (Wildman–Crippen MR) is 189 cm³/mol. The first kappa shape index (κ1) is 36.4. The molecule has 0 aromatic carbocycles. The van der Waals surface area contributed by atoms with Gasteiger partial charge in [-0.2, -0.15) is 9.29 Å². The Morgan fingerprint density at radius 3 is 2.48 bits per heavy atom. The topological polar surface area (TPSA) is 159 Å². The summed E-state index contributed by atoms with van der Waals surface area (Å²) in [6, 6.07) is 6.89. The summed E-state index contributed by atoms with van der Waals surface area (Å²) in [5, 5.41) is 18.1. The van der Waals surface area contributed by atoms with Crippen molar-refractivity contribution < 1.29 is 37.3 Å². The summed E-state index contributed by atoms with van der Waals surface area (Å²) in [5.41, 5.74) is 1.55. The van der Waals surface area contributed by atoms with Crippen LogP contribution in [0.1, 0.15) is 91.3 Å². The fraction of sp³-hybridized carbons (Fsp3) is 0.528. The Labute approximate surface area is 302 Å². The summed E-state index contributed by atoms with van der Waals surface area (Å²) in [6.07, 6.45) is 2.37. The number of carbonyl (C=O) groups is 1. The molecule has 2 aliphatic heterocycles. The number of alkyl halides is 2. The Bertz CT molecular complexity index is 2010. The van der Waals surface area contributed by atoms with Crippen LogP contribution in [0.2, 0.25) is 0 Å². The van der Waals surface area contributed by atoms with Crippen LogP contribution in [0.15, 0.2) is 35.4 Å². The van der Waals surface area contributed by atoms with E-state index in [0.717, 1.165) is 25.2 Å². The average molecular weight is 742 g/mol. The average Bonchev–Trinajstić information content (AvgIpc) is 3.44. The highest BCUT2D eigenvalue weighted by Crippen LogP contribution is 2.61. The van der Waals surface area contributed by atoms with E-state index in [9.17, 15) is 27.8 Å². The van der Waals surface area contributed by atoms with Crippen LogP contribution in [0.5, 0.6) is 11.8 Å². The monoisotopic (exact) mass is 741 g/mol. The summed E-state index contributed by atoms with van der Waals surface area (Å²) in [6.45, 7) is 12.2. The number of aryl methyl sites for hydroxylation is 3. The van der Waals surface area contributed by atoms with Gasteiger partial charge < -0.3 is 14.6 Å². The van der Waals surface area contributed by atoms with E-state index in [2.05, 4.69) is 20.1 Å². The largest absolute Gasteiger partial charge is 0.481 e. The highest BCUT2D eigenvalue weighted by molar-refractivity contribution is 8.22. The van der Waals surface area contributed by atoms with E-state index in [0.29, 0.717) is 53.4 Å². The molecule has 13 nitrogen and oxygen atoms in total. The molecule has 280 valence electrons. The molecule has 1 saturated carbocycles. The highest BCUT2D eigenvalue weighted by atomic mass is 32.3. The molecule has 1 saturated heterocycles. The number of halogens is 2. The van der Waals surface area contributed by atoms with Crippen molar-refractivity contribution >= 4 is 22.4 Å². The quantitative estimate of drug-likeness (QED) is 0.152. The summed E-state index contributed by atoms with van der Waals surface area (Å²) >= 11 is 0. The van der Waals surface area contributed by atoms with Gasteiger partial charge in [-0.15, -0.1) is 21.0 Å². The number of fused-ring (bicyclic) bond motifs is 2. The Hall–Kier alpha value is -3.96. The number of pyridine rings is 3. The van der Waals surface area contributed by atoms with Gasteiger partial charge in [0.1, 0.15) is 17.1 Å². The third-order valence-electron chi connectivity index (χ3n) is 10.7. The lowest BCUT2D eigenvalue weighted by molar-refractivity contribution is -0.147. The van der Waals surface area contributed by atoms with Gasteiger partial charge in [-0.1, -0.05) is 6.07 Å². The van der Waals surface area contributed by atoms with E-state index < -0.39 is 45.9 Å². The number of hydrogen-bond acceptors (Lipinski definition) is 11. The van der Waals surface area contributed by atoms with Crippen molar-refractivity contribution in [2.45, 2.75) is 89.7 Å². The molecule has 0 bridgehead atoms. The molecule has 16 heteroatoms. The molecule has 3 N–H and O–H groups in total. The molecule has 0 radical (unpaired) electrons. The van der Waals surface area contributed by atoms with Gasteiger partial charge in [-0.25, -0.2) is 8.78 Å². The first-order valence-corrected chi connectivity index (χ1v) is 19.0. The molecule has 2 fully saturated rings. The van der Waals surface area contributed by atoms with Crippen molar-refractivity contribution in [1.82, 2.24) is 33.8 Å². The normalized spacial score (nSPS) is 19.7. The van der Waals surface area contributed by atoms with E-state index in [1.54, 1.807) is 43.3 Å². The van der Waals surface area contributed by atoms with Crippen molar-refractivity contribution in [1.29, 1.82) is 0 Å². The van der Waals surface area contributed by atoms with Gasteiger partial charge in [0.25, 0.3) is 6.43 Å². The Morgan fingerprint density at radius 2 is 1.81 bits per heavy atom. The van der Waals surface area contributed by atoms with Crippen LogP contribution in [-0.2, 0) is 11.3 Å². The molecule has 1 aliphatic carbocycles. The maximum absolute atomic E-state index is 13.6. The second-order valence-corrected chi connectivity index (χ2v) is 16.8. The molecule has 4 aromatic heterocycles. The molecule has 4 aromatic rings. The van der Waals surface area contributed by atoms with Crippen LogP contribution in [0.3, 0.4) is 0 Å². The summed E-state index contributed by atoms with van der Waals surface area (Å²) < 4.78 is 66.5. The Morgan fingerprint density at radius 1 is 1.08 bits per heavy atom. The van der Waals surface area contributed by atoms with Crippen LogP contribution >= 0.6 is 10.8 Å². The van der Waals surface area contributed by atoms with E-state index in [4.69, 9.17) is 14.5 Å². The van der Waals surface area contributed by atoms with Crippen LogP contribution in [0, 0.1) is 26.2 Å². The molecule has 7 rings (SSSR count). The number of ether oxygens (including phenoxy) is 2. The number of hydrogen-bond donors (Lipinski definition) is 3. The summed E-state index contributed by atoms with van der Waals surface area (Å²) in [4.78, 5) is 25.0. The minimum absolute atomic E-state index is 0.0276. The SMILES string of the molecule is Cc1ccc(C(c2ccn3c(C(F)F)nnc3c2C)C(C)(C)C(=O)O)nc1CN1CC2(CC2)Oc2nc(OCCN3CCCC3)c(C)cc2S1(O)O. The van der Waals surface area contributed by atoms with Crippen LogP contribution in [0.4, 0.5) is 8.78 Å². The van der Waals surface area contributed by atoms with Crippen molar-refractivity contribution in [2.24, 2.45) is 5.41 Å². The standard InChI is InChI=1S/C36H45F2N7O6S/c1-21-8-9-25(28(35(4,5)34(46)47)24-10-15-45-30(23(24)3)41-42-31(45)29(37)38)39-26(21)19-44-20-36(11-12-36)51-33-27(52(44,48)49)18-22(2)32(40-33)50-17-16-43-13-6-7-14-43/h8-10,15,18,28-29,48-49H,6-7,11-14,16-17,19-20H2,1-5H3,(H,46,47). The summed E-state index contributed by atoms with van der Waals surface area (Å²) in [7, 11) is -3.63. The van der Waals surface area contributed by atoms with Gasteiger partial charge in [-0.3, -0.25) is 28.2 Å². The second-order valence-electron chi connectivity index (χ2n) is 14.8. The van der Waals surface area contributed by atoms with Crippen molar-refractivity contribution in [3.63, 3.8) is 0 Å². The zero-order valence-electron chi connectivity index (χ0n) is 30.0. The molecule has 1 atom stereocenters. The van der Waals surface area contributed by atoms with E-state index in [1.165, 1.54) is 23.4 Å². The number of carboxylic acid groups (broad SMARTS) is 1. The number of rotatable bonds is 11. The number of aliphatic carboxylic acids is 1. The third kappa shape index (κ3) is 6.59. The van der Waals surface area contributed by atoms with Gasteiger partial charge in [0, 0.05) is 29.9 Å². The predicted octanol–water partition coefficient (Wildman–Crippen LogP) is 6.55. The van der Waals surface area contributed by atoms with E-state index >= 15 is 0 Å². The minimum Gasteiger partial charge on any atom is -0.481 e. The molecule has 3 aliphatic rings. The zero-order chi connectivity index (χ0) is 37.2. The highest BCUT2D eigenvalue weighted by Gasteiger charge is 2.53. The Kier molecular flexibility index (Phi) is 9.43. The number of aromatic nitrogens is 5. The third-order valence-corrected chi connectivity index (χ3v) is 12.6. The van der Waals surface area contributed by atoms with Gasteiger partial charge in [0.05, 0.1) is 24.2 Å². The minimum atomic E-state index is -3.63. The van der Waals surface area contributed by atoms with Crippen LogP contribution in [0.25, 0.3) is 5.65 Å². The lowest BCUT2D eigenvalue weighted by atomic mass is 9.72. The first-order chi connectivity index (χ1) is 24.6. The van der Waals surface area contributed by atoms with Gasteiger partial charge in [-0.05, 0) is 108 Å². The smallest absolute Gasteiger partial charge is 0.310 e. The maximum Gasteiger partial charge on any atom is 0.310 e. The molecular weight excluding hydrogens is 697 g/mol. The van der Waals surface area contributed by atoms with Gasteiger partial charge in [0.2, 0.25) is 17.6 Å².